The van der Waals surface area contributed by atoms with Crippen LogP contribution in [0.4, 0.5) is 0 Å². The molecular formula is C12H14BrN3. The average molecular weight is 280 g/mol. The molecule has 1 aliphatic rings. The molecule has 84 valence electrons. The Morgan fingerprint density at radius 1 is 1.31 bits per heavy atom. The average Bonchev–Trinajstić information content (AvgIpc) is 2.90. The van der Waals surface area contributed by atoms with Gasteiger partial charge >= 0.3 is 0 Å². The van der Waals surface area contributed by atoms with Crippen molar-refractivity contribution in [3.63, 3.8) is 0 Å². The number of fused-ring (bicyclic) bond motifs is 1. The maximum atomic E-state index is 4.45. The van der Waals surface area contributed by atoms with Crippen LogP contribution >= 0.6 is 15.9 Å². The van der Waals surface area contributed by atoms with Crippen LogP contribution in [0, 0.1) is 0 Å². The molecule has 0 spiro atoms. The van der Waals surface area contributed by atoms with Crippen molar-refractivity contribution in [2.75, 3.05) is 13.1 Å². The first-order valence-electron chi connectivity index (χ1n) is 5.67. The summed E-state index contributed by atoms with van der Waals surface area (Å²) < 4.78 is 3.11. The standard InChI is InChI=1S/C12H14BrN3/c13-11-8-14-12-10(4-3-7-16(11)12)9-15-5-1-2-6-15/h3-4,7-8H,1-2,5-6,9H2. The van der Waals surface area contributed by atoms with Crippen molar-refractivity contribution >= 4 is 21.6 Å². The molecule has 0 radical (unpaired) electrons. The number of hydrogen-bond donors (Lipinski definition) is 0. The van der Waals surface area contributed by atoms with Crippen molar-refractivity contribution in [2.45, 2.75) is 19.4 Å². The van der Waals surface area contributed by atoms with E-state index in [9.17, 15) is 0 Å². The first-order valence-corrected chi connectivity index (χ1v) is 6.47. The number of pyridine rings is 1. The van der Waals surface area contributed by atoms with E-state index < -0.39 is 0 Å². The summed E-state index contributed by atoms with van der Waals surface area (Å²) >= 11 is 3.50. The van der Waals surface area contributed by atoms with Crippen LogP contribution in [0.5, 0.6) is 0 Å². The van der Waals surface area contributed by atoms with Crippen LogP contribution in [-0.4, -0.2) is 27.4 Å². The zero-order valence-electron chi connectivity index (χ0n) is 9.06. The molecule has 2 aromatic heterocycles. The van der Waals surface area contributed by atoms with Crippen molar-refractivity contribution in [3.05, 3.63) is 34.7 Å². The Bertz CT molecular complexity index is 500. The Kier molecular flexibility index (Phi) is 2.69. The van der Waals surface area contributed by atoms with Crippen LogP contribution in [-0.2, 0) is 6.54 Å². The lowest BCUT2D eigenvalue weighted by atomic mass is 10.2. The molecule has 3 rings (SSSR count). The molecule has 0 amide bonds. The number of aromatic nitrogens is 2. The van der Waals surface area contributed by atoms with Gasteiger partial charge in [-0.25, -0.2) is 4.98 Å². The maximum Gasteiger partial charge on any atom is 0.142 e. The molecule has 0 aliphatic carbocycles. The van der Waals surface area contributed by atoms with Gasteiger partial charge in [-0.05, 0) is 47.9 Å². The summed E-state index contributed by atoms with van der Waals surface area (Å²) in [7, 11) is 0. The summed E-state index contributed by atoms with van der Waals surface area (Å²) in [6.07, 6.45) is 6.57. The highest BCUT2D eigenvalue weighted by atomic mass is 79.9. The van der Waals surface area contributed by atoms with Crippen LogP contribution in [0.25, 0.3) is 5.65 Å². The second kappa shape index (κ2) is 4.18. The van der Waals surface area contributed by atoms with Gasteiger partial charge in [-0.3, -0.25) is 9.30 Å². The predicted octanol–water partition coefficient (Wildman–Crippen LogP) is 2.69. The third-order valence-corrected chi connectivity index (χ3v) is 3.75. The fourth-order valence-electron chi connectivity index (χ4n) is 2.34. The Balaban J connectivity index is 1.96. The summed E-state index contributed by atoms with van der Waals surface area (Å²) in [5.74, 6) is 0. The number of imidazole rings is 1. The highest BCUT2D eigenvalue weighted by Gasteiger charge is 2.14. The number of hydrogen-bond acceptors (Lipinski definition) is 2. The first-order chi connectivity index (χ1) is 7.84. The molecule has 1 aliphatic heterocycles. The molecule has 1 fully saturated rings. The topological polar surface area (TPSA) is 20.5 Å². The molecule has 0 bridgehead atoms. The zero-order chi connectivity index (χ0) is 11.0. The molecule has 2 aromatic rings. The normalized spacial score (nSPS) is 17.3. The quantitative estimate of drug-likeness (QED) is 0.843. The minimum Gasteiger partial charge on any atom is -0.299 e. The van der Waals surface area contributed by atoms with E-state index in [4.69, 9.17) is 0 Å². The monoisotopic (exact) mass is 279 g/mol. The van der Waals surface area contributed by atoms with E-state index in [-0.39, 0.29) is 0 Å². The van der Waals surface area contributed by atoms with Crippen molar-refractivity contribution in [2.24, 2.45) is 0 Å². The van der Waals surface area contributed by atoms with Gasteiger partial charge in [0.1, 0.15) is 10.3 Å². The lowest BCUT2D eigenvalue weighted by Gasteiger charge is -2.14. The van der Waals surface area contributed by atoms with E-state index in [1.54, 1.807) is 0 Å². The van der Waals surface area contributed by atoms with E-state index in [1.807, 2.05) is 12.4 Å². The zero-order valence-corrected chi connectivity index (χ0v) is 10.7. The van der Waals surface area contributed by atoms with Gasteiger partial charge in [0.25, 0.3) is 0 Å². The van der Waals surface area contributed by atoms with Gasteiger partial charge in [0.2, 0.25) is 0 Å². The van der Waals surface area contributed by atoms with E-state index in [0.29, 0.717) is 0 Å². The number of nitrogens with zero attached hydrogens (tertiary/aromatic N) is 3. The molecule has 0 saturated carbocycles. The number of rotatable bonds is 2. The smallest absolute Gasteiger partial charge is 0.142 e. The molecule has 0 N–H and O–H groups in total. The van der Waals surface area contributed by atoms with Crippen molar-refractivity contribution < 1.29 is 0 Å². The van der Waals surface area contributed by atoms with Crippen LogP contribution < -0.4 is 0 Å². The van der Waals surface area contributed by atoms with E-state index in [1.165, 1.54) is 31.5 Å². The highest BCUT2D eigenvalue weighted by Crippen LogP contribution is 2.19. The molecule has 3 heterocycles. The van der Waals surface area contributed by atoms with Crippen LogP contribution in [0.15, 0.2) is 29.1 Å². The fraction of sp³-hybridized carbons (Fsp3) is 0.417. The van der Waals surface area contributed by atoms with Gasteiger partial charge in [-0.1, -0.05) is 6.07 Å². The second-order valence-electron chi connectivity index (χ2n) is 4.29. The molecule has 16 heavy (non-hydrogen) atoms. The van der Waals surface area contributed by atoms with Gasteiger partial charge in [-0.2, -0.15) is 0 Å². The predicted molar refractivity (Wildman–Crippen MR) is 67.4 cm³/mol. The minimum absolute atomic E-state index is 1.02. The highest BCUT2D eigenvalue weighted by molar-refractivity contribution is 9.10. The van der Waals surface area contributed by atoms with Crippen molar-refractivity contribution in [1.29, 1.82) is 0 Å². The SMILES string of the molecule is Brc1cnc2c(CN3CCCC3)cccn12. The molecule has 0 atom stereocenters. The van der Waals surface area contributed by atoms with Gasteiger partial charge in [0, 0.05) is 18.3 Å². The van der Waals surface area contributed by atoms with Crippen LogP contribution in [0.3, 0.4) is 0 Å². The second-order valence-corrected chi connectivity index (χ2v) is 5.10. The largest absolute Gasteiger partial charge is 0.299 e. The van der Waals surface area contributed by atoms with E-state index in [0.717, 1.165) is 16.8 Å². The lowest BCUT2D eigenvalue weighted by Crippen LogP contribution is -2.18. The number of likely N-dealkylation sites (tertiary alicyclic amines) is 1. The molecule has 0 aromatic carbocycles. The minimum atomic E-state index is 1.02. The summed E-state index contributed by atoms with van der Waals surface area (Å²) in [6, 6.07) is 4.26. The Hall–Kier alpha value is -0.870. The van der Waals surface area contributed by atoms with E-state index in [2.05, 4.69) is 42.3 Å². The summed E-state index contributed by atoms with van der Waals surface area (Å²) in [5.41, 5.74) is 2.39. The fourth-order valence-corrected chi connectivity index (χ4v) is 2.73. The molecule has 4 heteroatoms. The third kappa shape index (κ3) is 1.76. The summed E-state index contributed by atoms with van der Waals surface area (Å²) in [5, 5.41) is 0. The van der Waals surface area contributed by atoms with Gasteiger partial charge in [-0.15, -0.1) is 0 Å². The molecular weight excluding hydrogens is 266 g/mol. The van der Waals surface area contributed by atoms with Gasteiger partial charge < -0.3 is 0 Å². The van der Waals surface area contributed by atoms with Gasteiger partial charge in [0.15, 0.2) is 0 Å². The molecule has 3 nitrogen and oxygen atoms in total. The summed E-state index contributed by atoms with van der Waals surface area (Å²) in [4.78, 5) is 6.95. The first kappa shape index (κ1) is 10.3. The Morgan fingerprint density at radius 3 is 2.94 bits per heavy atom. The van der Waals surface area contributed by atoms with Crippen LogP contribution in [0.1, 0.15) is 18.4 Å². The van der Waals surface area contributed by atoms with Crippen molar-refractivity contribution in [3.8, 4) is 0 Å². The maximum absolute atomic E-state index is 4.45. The Morgan fingerprint density at radius 2 is 2.12 bits per heavy atom. The lowest BCUT2D eigenvalue weighted by molar-refractivity contribution is 0.332. The number of halogens is 1. The van der Waals surface area contributed by atoms with Gasteiger partial charge in [0.05, 0.1) is 6.20 Å². The van der Waals surface area contributed by atoms with Crippen molar-refractivity contribution in [1.82, 2.24) is 14.3 Å². The Labute approximate surface area is 103 Å². The molecule has 1 saturated heterocycles. The summed E-state index contributed by atoms with van der Waals surface area (Å²) in [6.45, 7) is 3.47. The van der Waals surface area contributed by atoms with Crippen LogP contribution in [0.2, 0.25) is 0 Å². The third-order valence-electron chi connectivity index (χ3n) is 3.16. The molecule has 0 unspecified atom stereocenters. The van der Waals surface area contributed by atoms with E-state index >= 15 is 0 Å².